The highest BCUT2D eigenvalue weighted by Crippen LogP contribution is 2.30. The predicted molar refractivity (Wildman–Crippen MR) is 116 cm³/mol. The first kappa shape index (κ1) is 22.2. The molecular weight excluding hydrogens is 402 g/mol. The summed E-state index contributed by atoms with van der Waals surface area (Å²) >= 11 is 1.55. The van der Waals surface area contributed by atoms with E-state index >= 15 is 0 Å². The predicted octanol–water partition coefficient (Wildman–Crippen LogP) is 4.60. The number of aromatic nitrogens is 2. The molecule has 1 aromatic carbocycles. The summed E-state index contributed by atoms with van der Waals surface area (Å²) in [6.45, 7) is 6.99. The molecule has 162 valence electrons. The number of H-pyrrole nitrogens is 1. The maximum atomic E-state index is 12.2. The summed E-state index contributed by atoms with van der Waals surface area (Å²) in [6, 6.07) is 7.44. The minimum absolute atomic E-state index is 0.244. The quantitative estimate of drug-likeness (QED) is 0.550. The Bertz CT molecular complexity index is 883. The number of nitrogens with one attached hydrogen (secondary N) is 1. The van der Waals surface area contributed by atoms with Crippen molar-refractivity contribution in [3.63, 3.8) is 0 Å². The highest BCUT2D eigenvalue weighted by molar-refractivity contribution is 7.98. The summed E-state index contributed by atoms with van der Waals surface area (Å²) in [6.07, 6.45) is 3.38. The molecule has 8 heteroatoms. The number of ether oxygens (including phenoxy) is 2. The van der Waals surface area contributed by atoms with Crippen LogP contribution in [0.2, 0.25) is 0 Å². The van der Waals surface area contributed by atoms with E-state index in [0.717, 1.165) is 29.3 Å². The monoisotopic (exact) mass is 431 g/mol. The lowest BCUT2D eigenvalue weighted by atomic mass is 9.94. The van der Waals surface area contributed by atoms with Crippen LogP contribution in [0.25, 0.3) is 0 Å². The first-order valence-corrected chi connectivity index (χ1v) is 11.1. The molecule has 2 aromatic rings. The molecule has 1 saturated heterocycles. The van der Waals surface area contributed by atoms with Crippen molar-refractivity contribution in [1.82, 2.24) is 14.9 Å². The minimum Gasteiger partial charge on any atom is -0.465 e. The summed E-state index contributed by atoms with van der Waals surface area (Å²) < 4.78 is 10.3. The number of carbonyl (C=O) groups is 2. The van der Waals surface area contributed by atoms with Crippen molar-refractivity contribution in [3.8, 4) is 0 Å². The summed E-state index contributed by atoms with van der Waals surface area (Å²) in [5.74, 6) is 0.631. The van der Waals surface area contributed by atoms with E-state index in [1.807, 2.05) is 45.2 Å². The van der Waals surface area contributed by atoms with Gasteiger partial charge in [0.1, 0.15) is 5.60 Å². The standard InChI is InChI=1S/C22H29N3O4S/c1-22(2,3)29-21(27)25-11-9-15(10-12-25)18-13-23-20(24-18)30-14-16-7-5-6-8-17(16)19(26)28-4/h5-8,13,15H,9-12,14H2,1-4H3,(H,23,24). The normalized spacial score (nSPS) is 15.1. The van der Waals surface area contributed by atoms with Crippen LogP contribution in [0.1, 0.15) is 61.1 Å². The van der Waals surface area contributed by atoms with Gasteiger partial charge >= 0.3 is 12.1 Å². The Hall–Kier alpha value is -2.48. The van der Waals surface area contributed by atoms with Gasteiger partial charge in [-0.05, 0) is 45.2 Å². The van der Waals surface area contributed by atoms with E-state index in [0.29, 0.717) is 30.3 Å². The fourth-order valence-corrected chi connectivity index (χ4v) is 4.26. The molecule has 30 heavy (non-hydrogen) atoms. The molecule has 3 rings (SSSR count). The molecule has 0 bridgehead atoms. The van der Waals surface area contributed by atoms with E-state index in [4.69, 9.17) is 9.47 Å². The Morgan fingerprint density at radius 3 is 2.60 bits per heavy atom. The average molecular weight is 432 g/mol. The average Bonchev–Trinajstić information content (AvgIpc) is 3.20. The number of imidazole rings is 1. The fraction of sp³-hybridized carbons (Fsp3) is 0.500. The molecule has 0 radical (unpaired) electrons. The summed E-state index contributed by atoms with van der Waals surface area (Å²) in [4.78, 5) is 33.8. The molecule has 0 spiro atoms. The van der Waals surface area contributed by atoms with E-state index in [1.54, 1.807) is 22.7 Å². The number of carbonyl (C=O) groups excluding carboxylic acids is 2. The van der Waals surface area contributed by atoms with E-state index in [-0.39, 0.29) is 12.1 Å². The number of piperidine rings is 1. The van der Waals surface area contributed by atoms with Crippen molar-refractivity contribution in [2.45, 2.75) is 56.0 Å². The number of methoxy groups -OCH3 is 1. The van der Waals surface area contributed by atoms with Crippen LogP contribution in [0.5, 0.6) is 0 Å². The summed E-state index contributed by atoms with van der Waals surface area (Å²) in [7, 11) is 1.39. The molecule has 2 heterocycles. The van der Waals surface area contributed by atoms with E-state index in [9.17, 15) is 9.59 Å². The van der Waals surface area contributed by atoms with E-state index in [2.05, 4.69) is 9.97 Å². The van der Waals surface area contributed by atoms with Crippen LogP contribution in [0.15, 0.2) is 35.6 Å². The second kappa shape index (κ2) is 9.55. The molecule has 1 amide bonds. The van der Waals surface area contributed by atoms with Gasteiger partial charge in [-0.15, -0.1) is 0 Å². The molecule has 1 aliphatic heterocycles. The minimum atomic E-state index is -0.476. The summed E-state index contributed by atoms with van der Waals surface area (Å²) in [5, 5.41) is 0.819. The van der Waals surface area contributed by atoms with E-state index < -0.39 is 5.60 Å². The van der Waals surface area contributed by atoms with Crippen molar-refractivity contribution in [2.24, 2.45) is 0 Å². The van der Waals surface area contributed by atoms with E-state index in [1.165, 1.54) is 7.11 Å². The van der Waals surface area contributed by atoms with Crippen molar-refractivity contribution in [3.05, 3.63) is 47.3 Å². The lowest BCUT2D eigenvalue weighted by Crippen LogP contribution is -2.41. The van der Waals surface area contributed by atoms with Gasteiger partial charge in [-0.3, -0.25) is 0 Å². The van der Waals surface area contributed by atoms with Crippen molar-refractivity contribution in [2.75, 3.05) is 20.2 Å². The molecule has 0 unspecified atom stereocenters. The second-order valence-electron chi connectivity index (χ2n) is 8.32. The number of esters is 1. The number of aromatic amines is 1. The zero-order valence-electron chi connectivity index (χ0n) is 17.9. The first-order valence-electron chi connectivity index (χ1n) is 10.1. The van der Waals surface area contributed by atoms with Gasteiger partial charge < -0.3 is 19.4 Å². The van der Waals surface area contributed by atoms with Gasteiger partial charge in [0.05, 0.1) is 12.7 Å². The lowest BCUT2D eigenvalue weighted by molar-refractivity contribution is 0.0204. The number of thioether (sulfide) groups is 1. The molecule has 0 aliphatic carbocycles. The van der Waals surface area contributed by atoms with Crippen molar-refractivity contribution < 1.29 is 19.1 Å². The van der Waals surface area contributed by atoms with Gasteiger partial charge in [0, 0.05) is 36.7 Å². The molecule has 1 aromatic heterocycles. The smallest absolute Gasteiger partial charge is 0.410 e. The van der Waals surface area contributed by atoms with Crippen LogP contribution >= 0.6 is 11.8 Å². The summed E-state index contributed by atoms with van der Waals surface area (Å²) in [5.41, 5.74) is 2.10. The molecule has 1 fully saturated rings. The highest BCUT2D eigenvalue weighted by Gasteiger charge is 2.28. The number of likely N-dealkylation sites (tertiary alicyclic amines) is 1. The maximum Gasteiger partial charge on any atom is 0.410 e. The third-order valence-corrected chi connectivity index (χ3v) is 5.88. The number of nitrogens with zero attached hydrogens (tertiary/aromatic N) is 2. The number of benzene rings is 1. The fourth-order valence-electron chi connectivity index (χ4n) is 3.40. The van der Waals surface area contributed by atoms with Crippen LogP contribution in [0, 0.1) is 0 Å². The number of rotatable bonds is 5. The van der Waals surface area contributed by atoms with Crippen LogP contribution in [0.3, 0.4) is 0 Å². The molecule has 0 atom stereocenters. The van der Waals surface area contributed by atoms with Crippen LogP contribution < -0.4 is 0 Å². The zero-order valence-corrected chi connectivity index (χ0v) is 18.8. The molecule has 1 aliphatic rings. The second-order valence-corrected chi connectivity index (χ2v) is 9.29. The molecule has 7 nitrogen and oxygen atoms in total. The van der Waals surface area contributed by atoms with Gasteiger partial charge in [0.2, 0.25) is 0 Å². The molecule has 1 N–H and O–H groups in total. The van der Waals surface area contributed by atoms with Crippen LogP contribution in [-0.2, 0) is 15.2 Å². The Labute approximate surface area is 181 Å². The van der Waals surface area contributed by atoms with Gasteiger partial charge in [-0.25, -0.2) is 14.6 Å². The Kier molecular flexibility index (Phi) is 7.07. The van der Waals surface area contributed by atoms with Gasteiger partial charge in [0.25, 0.3) is 0 Å². The topological polar surface area (TPSA) is 84.5 Å². The first-order chi connectivity index (χ1) is 14.3. The Morgan fingerprint density at radius 1 is 1.23 bits per heavy atom. The van der Waals surface area contributed by atoms with Crippen LogP contribution in [0.4, 0.5) is 4.79 Å². The van der Waals surface area contributed by atoms with Crippen molar-refractivity contribution >= 4 is 23.8 Å². The number of amides is 1. The van der Waals surface area contributed by atoms with Gasteiger partial charge in [-0.2, -0.15) is 0 Å². The maximum absolute atomic E-state index is 12.2. The largest absolute Gasteiger partial charge is 0.465 e. The Morgan fingerprint density at radius 2 is 1.93 bits per heavy atom. The third-order valence-electron chi connectivity index (χ3n) is 4.95. The SMILES string of the molecule is COC(=O)c1ccccc1CSc1ncc(C2CCN(C(=O)OC(C)(C)C)CC2)[nH]1. The van der Waals surface area contributed by atoms with Crippen molar-refractivity contribution in [1.29, 1.82) is 0 Å². The van der Waals surface area contributed by atoms with Crippen LogP contribution in [-0.4, -0.2) is 52.7 Å². The zero-order chi connectivity index (χ0) is 21.7. The Balaban J connectivity index is 1.54. The third kappa shape index (κ3) is 5.78. The van der Waals surface area contributed by atoms with Gasteiger partial charge in [0.15, 0.2) is 5.16 Å². The molecule has 0 saturated carbocycles. The number of hydrogen-bond donors (Lipinski definition) is 1. The number of hydrogen-bond acceptors (Lipinski definition) is 6. The lowest BCUT2D eigenvalue weighted by Gasteiger charge is -2.33. The highest BCUT2D eigenvalue weighted by atomic mass is 32.2. The van der Waals surface area contributed by atoms with Gasteiger partial charge in [-0.1, -0.05) is 30.0 Å². The molecular formula is C22H29N3O4S.